The fourth-order valence-electron chi connectivity index (χ4n) is 1.10. The van der Waals surface area contributed by atoms with Gasteiger partial charge in [-0.05, 0) is 25.6 Å². The molecule has 0 aromatic carbocycles. The third-order valence-electron chi connectivity index (χ3n) is 2.04. The van der Waals surface area contributed by atoms with Crippen LogP contribution in [0.1, 0.15) is 33.3 Å². The van der Waals surface area contributed by atoms with Crippen molar-refractivity contribution in [3.05, 3.63) is 30.1 Å². The van der Waals surface area contributed by atoms with Crippen molar-refractivity contribution in [1.82, 2.24) is 9.88 Å². The molecule has 2 heterocycles. The Kier molecular flexibility index (Phi) is 17.3. The van der Waals surface area contributed by atoms with Gasteiger partial charge in [-0.2, -0.15) is 0 Å². The van der Waals surface area contributed by atoms with Crippen LogP contribution in [0.15, 0.2) is 24.5 Å². The van der Waals surface area contributed by atoms with Crippen molar-refractivity contribution in [3.8, 4) is 0 Å². The summed E-state index contributed by atoms with van der Waals surface area (Å²) in [5, 5.41) is 0. The minimum absolute atomic E-state index is 0.913. The second kappa shape index (κ2) is 16.1. The Morgan fingerprint density at radius 3 is 1.89 bits per heavy atom. The van der Waals surface area contributed by atoms with Gasteiger partial charge < -0.3 is 9.64 Å². The van der Waals surface area contributed by atoms with Crippen LogP contribution in [-0.2, 0) is 4.74 Å². The highest BCUT2D eigenvalue weighted by atomic mass is 16.5. The minimum Gasteiger partial charge on any atom is -0.379 e. The number of hydrogen-bond acceptors (Lipinski definition) is 3. The zero-order valence-electron chi connectivity index (χ0n) is 12.9. The number of nitrogens with zero attached hydrogens (tertiary/aromatic N) is 2. The van der Waals surface area contributed by atoms with Gasteiger partial charge in [-0.3, -0.25) is 4.98 Å². The molecule has 1 aromatic heterocycles. The second-order valence-electron chi connectivity index (χ2n) is 3.45. The highest BCUT2D eigenvalue weighted by Gasteiger charge is 2.02. The zero-order chi connectivity index (χ0) is 14.2. The van der Waals surface area contributed by atoms with Crippen molar-refractivity contribution in [1.29, 1.82) is 0 Å². The first-order valence-corrected chi connectivity index (χ1v) is 6.92. The summed E-state index contributed by atoms with van der Waals surface area (Å²) >= 11 is 0. The van der Waals surface area contributed by atoms with E-state index in [2.05, 4.69) is 16.9 Å². The summed E-state index contributed by atoms with van der Waals surface area (Å²) in [5.74, 6) is 0. The summed E-state index contributed by atoms with van der Waals surface area (Å²) in [5.41, 5.74) is 1.21. The number of ether oxygens (including phenoxy) is 1. The number of pyridine rings is 1. The van der Waals surface area contributed by atoms with E-state index in [1.54, 1.807) is 6.20 Å². The summed E-state index contributed by atoms with van der Waals surface area (Å²) in [6.45, 7) is 14.0. The molecule has 3 nitrogen and oxygen atoms in total. The molecule has 0 spiro atoms. The molecule has 0 unspecified atom stereocenters. The van der Waals surface area contributed by atoms with Crippen molar-refractivity contribution in [2.45, 2.75) is 34.6 Å². The van der Waals surface area contributed by atoms with E-state index in [-0.39, 0.29) is 0 Å². The second-order valence-corrected chi connectivity index (χ2v) is 3.45. The average Bonchev–Trinajstić information content (AvgIpc) is 2.46. The van der Waals surface area contributed by atoms with Gasteiger partial charge in [0.1, 0.15) is 0 Å². The van der Waals surface area contributed by atoms with E-state index >= 15 is 0 Å². The minimum atomic E-state index is 0.913. The Labute approximate surface area is 113 Å². The third kappa shape index (κ3) is 13.1. The molecule has 0 saturated carbocycles. The molecule has 18 heavy (non-hydrogen) atoms. The van der Waals surface area contributed by atoms with Crippen LogP contribution in [0.3, 0.4) is 0 Å². The number of rotatable bonds is 0. The third-order valence-corrected chi connectivity index (χ3v) is 2.04. The fourth-order valence-corrected chi connectivity index (χ4v) is 1.10. The molecule has 0 amide bonds. The molecule has 1 aromatic rings. The lowest BCUT2D eigenvalue weighted by Gasteiger charge is -2.21. The first-order valence-electron chi connectivity index (χ1n) is 6.92. The van der Waals surface area contributed by atoms with Gasteiger partial charge in [0.15, 0.2) is 0 Å². The molecule has 3 heteroatoms. The maximum absolute atomic E-state index is 5.10. The van der Waals surface area contributed by atoms with Crippen LogP contribution in [0.25, 0.3) is 0 Å². The van der Waals surface area contributed by atoms with Gasteiger partial charge in [-0.25, -0.2) is 0 Å². The Balaban J connectivity index is 0. The number of aromatic nitrogens is 1. The molecule has 2 rings (SSSR count). The molecular formula is C15H30N2O. The van der Waals surface area contributed by atoms with E-state index in [1.807, 2.05) is 52.9 Å². The summed E-state index contributed by atoms with van der Waals surface area (Å²) in [6.07, 6.45) is 3.60. The van der Waals surface area contributed by atoms with Crippen molar-refractivity contribution in [2.24, 2.45) is 0 Å². The zero-order valence-corrected chi connectivity index (χ0v) is 12.9. The monoisotopic (exact) mass is 254 g/mol. The molecule has 0 bridgehead atoms. The number of likely N-dealkylation sites (N-methyl/N-ethyl adjacent to an activating group) is 1. The van der Waals surface area contributed by atoms with Gasteiger partial charge in [0.2, 0.25) is 0 Å². The largest absolute Gasteiger partial charge is 0.379 e. The summed E-state index contributed by atoms with van der Waals surface area (Å²) in [6, 6.07) is 3.95. The Hall–Kier alpha value is -0.930. The molecular weight excluding hydrogens is 224 g/mol. The highest BCUT2D eigenvalue weighted by molar-refractivity contribution is 5.04. The predicted molar refractivity (Wildman–Crippen MR) is 80.0 cm³/mol. The van der Waals surface area contributed by atoms with Crippen LogP contribution < -0.4 is 0 Å². The lowest BCUT2D eigenvalue weighted by molar-refractivity contribution is 0.0503. The lowest BCUT2D eigenvalue weighted by atomic mass is 10.3. The Morgan fingerprint density at radius 2 is 1.67 bits per heavy atom. The smallest absolute Gasteiger partial charge is 0.0594 e. The van der Waals surface area contributed by atoms with Crippen LogP contribution in [0.5, 0.6) is 0 Å². The summed E-state index contributed by atoms with van der Waals surface area (Å²) in [4.78, 5) is 6.15. The molecule has 0 atom stereocenters. The SMILES string of the molecule is CC.CC.CN1CCOCC1.Cc1cccnc1. The van der Waals surface area contributed by atoms with Crippen molar-refractivity contribution >= 4 is 0 Å². The lowest BCUT2D eigenvalue weighted by Crippen LogP contribution is -2.32. The van der Waals surface area contributed by atoms with Crippen molar-refractivity contribution < 1.29 is 4.74 Å². The highest BCUT2D eigenvalue weighted by Crippen LogP contribution is 1.89. The first kappa shape index (κ1) is 19.4. The van der Waals surface area contributed by atoms with Crippen LogP contribution >= 0.6 is 0 Å². The molecule has 1 aliphatic heterocycles. The van der Waals surface area contributed by atoms with Crippen LogP contribution in [0.2, 0.25) is 0 Å². The molecule has 106 valence electrons. The molecule has 1 fully saturated rings. The number of hydrogen-bond donors (Lipinski definition) is 0. The summed E-state index contributed by atoms with van der Waals surface area (Å²) < 4.78 is 5.10. The maximum atomic E-state index is 5.10. The van der Waals surface area contributed by atoms with E-state index < -0.39 is 0 Å². The van der Waals surface area contributed by atoms with Crippen molar-refractivity contribution in [2.75, 3.05) is 33.4 Å². The molecule has 1 aliphatic rings. The van der Waals surface area contributed by atoms with Crippen LogP contribution in [0.4, 0.5) is 0 Å². The van der Waals surface area contributed by atoms with Gasteiger partial charge in [0, 0.05) is 25.5 Å². The molecule has 1 saturated heterocycles. The van der Waals surface area contributed by atoms with Gasteiger partial charge in [0.05, 0.1) is 13.2 Å². The average molecular weight is 254 g/mol. The summed E-state index contributed by atoms with van der Waals surface area (Å²) in [7, 11) is 2.11. The van der Waals surface area contributed by atoms with E-state index in [4.69, 9.17) is 4.74 Å². The molecule has 0 aliphatic carbocycles. The quantitative estimate of drug-likeness (QED) is 0.709. The normalized spacial score (nSPS) is 13.9. The topological polar surface area (TPSA) is 25.4 Å². The van der Waals surface area contributed by atoms with Crippen LogP contribution in [0, 0.1) is 6.92 Å². The number of aryl methyl sites for hydroxylation is 1. The van der Waals surface area contributed by atoms with Gasteiger partial charge >= 0.3 is 0 Å². The van der Waals surface area contributed by atoms with Gasteiger partial charge in [-0.1, -0.05) is 33.8 Å². The predicted octanol–water partition coefficient (Wildman–Crippen LogP) is 3.39. The van der Waals surface area contributed by atoms with E-state index in [0.29, 0.717) is 0 Å². The number of morpholine rings is 1. The standard InChI is InChI=1S/C6H7N.C5H11NO.2C2H6/c1-6-3-2-4-7-5-6;1-6-2-4-7-5-3-6;2*1-2/h2-5H,1H3;2-5H2,1H3;2*1-2H3. The Bertz CT molecular complexity index is 234. The first-order chi connectivity index (χ1) is 8.79. The van der Waals surface area contributed by atoms with Gasteiger partial charge in [0.25, 0.3) is 0 Å². The van der Waals surface area contributed by atoms with E-state index in [1.165, 1.54) is 5.56 Å². The van der Waals surface area contributed by atoms with Crippen molar-refractivity contribution in [3.63, 3.8) is 0 Å². The van der Waals surface area contributed by atoms with Gasteiger partial charge in [-0.15, -0.1) is 0 Å². The van der Waals surface area contributed by atoms with E-state index in [9.17, 15) is 0 Å². The molecule has 0 radical (unpaired) electrons. The fraction of sp³-hybridized carbons (Fsp3) is 0.667. The van der Waals surface area contributed by atoms with Crippen LogP contribution in [-0.4, -0.2) is 43.2 Å². The van der Waals surface area contributed by atoms with E-state index in [0.717, 1.165) is 26.3 Å². The Morgan fingerprint density at radius 1 is 1.11 bits per heavy atom. The molecule has 0 N–H and O–H groups in total. The maximum Gasteiger partial charge on any atom is 0.0594 e.